The number of ether oxygens (including phenoxy) is 4. The molecule has 0 bridgehead atoms. The van der Waals surface area contributed by atoms with Crippen molar-refractivity contribution in [3.05, 3.63) is 0 Å². The molecule has 0 aromatic carbocycles. The number of carbonyl (C=O) groups excluding carboxylic acids is 4. The highest BCUT2D eigenvalue weighted by molar-refractivity contribution is 5.67. The number of piperidine rings is 2. The first-order valence-corrected chi connectivity index (χ1v) is 18.9. The molecule has 6 fully saturated rings. The van der Waals surface area contributed by atoms with Crippen LogP contribution in [0, 0.1) is 34.5 Å². The van der Waals surface area contributed by atoms with Crippen molar-refractivity contribution in [3.8, 4) is 0 Å². The molecule has 0 unspecified atom stereocenters. The predicted molar refractivity (Wildman–Crippen MR) is 178 cm³/mol. The van der Waals surface area contributed by atoms with E-state index in [1.165, 1.54) is 27.2 Å². The molecular weight excluding hydrogens is 692 g/mol. The zero-order chi connectivity index (χ0) is 34.6. The Bertz CT molecular complexity index is 1250. The van der Waals surface area contributed by atoms with Crippen LogP contribution >= 0.6 is 0 Å². The van der Waals surface area contributed by atoms with Gasteiger partial charge in [-0.2, -0.15) is 0 Å². The van der Waals surface area contributed by atoms with E-state index in [2.05, 4.69) is 25.8 Å². The third-order valence-electron chi connectivity index (χ3n) is 14.5. The molecule has 10 nitrogen and oxygen atoms in total. The van der Waals surface area contributed by atoms with Crippen LogP contribution in [0.25, 0.3) is 0 Å². The SMILES string of the molecule is CC(=O)OC1CCN([C@H]2C[C@@]3(C)[C@@H](CC[C@@H]4[C@@H]3CC[C@@]3(C)[C@H]4C[C@H]([N+]4(C)CCC(OC(C)=O)CC4)[C@@H]3OC(C)=O)C[C@@H]2OC(C)=O)CC1.[Br-]. The van der Waals surface area contributed by atoms with Crippen molar-refractivity contribution in [2.45, 2.75) is 149 Å². The third kappa shape index (κ3) is 7.46. The van der Waals surface area contributed by atoms with Gasteiger partial charge in [0.1, 0.15) is 24.4 Å². The standard InChI is InChI=1S/C38H61N2O8.BrH/c1-23(41)45-28-11-16-39(17-12-28)33-22-38(6)27(20-35(33)47-25(3)43)8-9-30-31(38)10-15-37(5)32(30)21-34(36(37)48-26(4)44)40(7)18-13-29(14-19-40)46-24(2)42;/h27-36H,8-22H2,1-7H3;1H/q+1;/p-1/t27-,29?,30+,31-,32-,33-,34-,35-,36-,37-,38-,40?;/m0./s1. The molecule has 0 amide bonds. The van der Waals surface area contributed by atoms with Gasteiger partial charge in [0.15, 0.2) is 6.10 Å². The van der Waals surface area contributed by atoms with Gasteiger partial charge in [-0.1, -0.05) is 13.8 Å². The maximum atomic E-state index is 12.7. The summed E-state index contributed by atoms with van der Waals surface area (Å²) in [6.45, 7) is 14.6. The molecule has 0 radical (unpaired) electrons. The van der Waals surface area contributed by atoms with E-state index in [0.29, 0.717) is 23.7 Å². The zero-order valence-corrected chi connectivity index (χ0v) is 32.5. The number of likely N-dealkylation sites (N-methyl/N-ethyl adjacent to an activating group) is 1. The minimum atomic E-state index is -0.218. The highest BCUT2D eigenvalue weighted by Gasteiger charge is 2.67. The molecule has 49 heavy (non-hydrogen) atoms. The van der Waals surface area contributed by atoms with Crippen molar-refractivity contribution in [3.63, 3.8) is 0 Å². The number of fused-ring (bicyclic) bond motifs is 5. The van der Waals surface area contributed by atoms with Crippen LogP contribution in [-0.4, -0.2) is 103 Å². The van der Waals surface area contributed by atoms with Gasteiger partial charge in [0.25, 0.3) is 0 Å². The summed E-state index contributed by atoms with van der Waals surface area (Å²) < 4.78 is 24.5. The van der Waals surface area contributed by atoms with Crippen LogP contribution in [-0.2, 0) is 38.1 Å². The van der Waals surface area contributed by atoms with E-state index in [4.69, 9.17) is 18.9 Å². The lowest BCUT2D eigenvalue weighted by atomic mass is 9.44. The number of hydrogen-bond acceptors (Lipinski definition) is 9. The average Bonchev–Trinajstić information content (AvgIpc) is 3.30. The molecule has 278 valence electrons. The van der Waals surface area contributed by atoms with Gasteiger partial charge in [0, 0.05) is 71.5 Å². The van der Waals surface area contributed by atoms with Gasteiger partial charge in [0.2, 0.25) is 0 Å². The Labute approximate surface area is 304 Å². The first kappa shape index (κ1) is 38.5. The largest absolute Gasteiger partial charge is 1.00 e. The molecule has 0 aromatic heterocycles. The number of nitrogens with zero attached hydrogens (tertiary/aromatic N) is 2. The Morgan fingerprint density at radius 2 is 1.24 bits per heavy atom. The van der Waals surface area contributed by atoms with Gasteiger partial charge < -0.3 is 40.4 Å². The van der Waals surface area contributed by atoms with Crippen molar-refractivity contribution in [1.82, 2.24) is 4.90 Å². The van der Waals surface area contributed by atoms with Gasteiger partial charge in [-0.05, 0) is 80.5 Å². The van der Waals surface area contributed by atoms with E-state index in [-0.39, 0.29) is 88.2 Å². The number of likely N-dealkylation sites (tertiary alicyclic amines) is 2. The molecule has 0 spiro atoms. The summed E-state index contributed by atoms with van der Waals surface area (Å²) in [5.41, 5.74) is 0.0653. The summed E-state index contributed by atoms with van der Waals surface area (Å²) in [5.74, 6) is 1.32. The van der Waals surface area contributed by atoms with E-state index in [0.717, 1.165) is 94.9 Å². The summed E-state index contributed by atoms with van der Waals surface area (Å²) in [6, 6.07) is 0.394. The second-order valence-corrected chi connectivity index (χ2v) is 17.3. The minimum Gasteiger partial charge on any atom is -1.00 e. The quantitative estimate of drug-likeness (QED) is 0.229. The molecule has 2 aliphatic heterocycles. The van der Waals surface area contributed by atoms with Crippen LogP contribution in [0.15, 0.2) is 0 Å². The zero-order valence-electron chi connectivity index (χ0n) is 30.9. The van der Waals surface area contributed by atoms with Crippen molar-refractivity contribution in [1.29, 1.82) is 0 Å². The smallest absolute Gasteiger partial charge is 0.303 e. The van der Waals surface area contributed by atoms with Crippen molar-refractivity contribution < 1.29 is 59.6 Å². The molecule has 10 atom stereocenters. The van der Waals surface area contributed by atoms with E-state index in [1.54, 1.807) is 6.92 Å². The van der Waals surface area contributed by atoms with E-state index >= 15 is 0 Å². The van der Waals surface area contributed by atoms with Crippen LogP contribution in [0.1, 0.15) is 112 Å². The molecule has 4 aliphatic carbocycles. The summed E-state index contributed by atoms with van der Waals surface area (Å²) in [5, 5.41) is 0. The molecule has 4 saturated carbocycles. The average molecular weight is 754 g/mol. The predicted octanol–water partition coefficient (Wildman–Crippen LogP) is 2.05. The summed E-state index contributed by atoms with van der Waals surface area (Å²) in [7, 11) is 2.34. The Morgan fingerprint density at radius 1 is 0.673 bits per heavy atom. The van der Waals surface area contributed by atoms with Crippen LogP contribution in [0.3, 0.4) is 0 Å². The van der Waals surface area contributed by atoms with Gasteiger partial charge in [-0.15, -0.1) is 0 Å². The van der Waals surface area contributed by atoms with Gasteiger partial charge in [-0.25, -0.2) is 0 Å². The second-order valence-electron chi connectivity index (χ2n) is 17.3. The monoisotopic (exact) mass is 752 g/mol. The van der Waals surface area contributed by atoms with Crippen molar-refractivity contribution in [2.75, 3.05) is 33.2 Å². The van der Waals surface area contributed by atoms with Crippen LogP contribution in [0.4, 0.5) is 0 Å². The maximum Gasteiger partial charge on any atom is 0.303 e. The summed E-state index contributed by atoms with van der Waals surface area (Å²) in [6.07, 6.45) is 10.5. The van der Waals surface area contributed by atoms with Crippen LogP contribution < -0.4 is 17.0 Å². The summed E-state index contributed by atoms with van der Waals surface area (Å²) >= 11 is 0. The fraction of sp³-hybridized carbons (Fsp3) is 0.895. The number of esters is 4. The van der Waals surface area contributed by atoms with Gasteiger partial charge in [0.05, 0.1) is 20.1 Å². The van der Waals surface area contributed by atoms with Gasteiger partial charge >= 0.3 is 23.9 Å². The first-order valence-electron chi connectivity index (χ1n) is 18.9. The van der Waals surface area contributed by atoms with E-state index in [9.17, 15) is 19.2 Å². The van der Waals surface area contributed by atoms with E-state index < -0.39 is 0 Å². The Hall–Kier alpha value is -1.72. The molecule has 2 heterocycles. The maximum absolute atomic E-state index is 12.7. The number of hydrogen-bond donors (Lipinski definition) is 0. The number of quaternary nitrogens is 1. The molecule has 6 aliphatic rings. The fourth-order valence-electron chi connectivity index (χ4n) is 12.3. The van der Waals surface area contributed by atoms with Crippen molar-refractivity contribution in [2.24, 2.45) is 34.5 Å². The molecular formula is C38H61BrN2O8. The lowest BCUT2D eigenvalue weighted by Crippen LogP contribution is -3.00. The normalized spacial score (nSPS) is 43.9. The van der Waals surface area contributed by atoms with Gasteiger partial charge in [-0.3, -0.25) is 24.1 Å². The number of rotatable bonds is 6. The fourth-order valence-corrected chi connectivity index (χ4v) is 12.3. The first-order chi connectivity index (χ1) is 22.6. The summed E-state index contributed by atoms with van der Waals surface area (Å²) in [4.78, 5) is 50.8. The van der Waals surface area contributed by atoms with Crippen LogP contribution in [0.5, 0.6) is 0 Å². The Balaban J connectivity index is 0.00000468. The molecule has 6 rings (SSSR count). The lowest BCUT2D eigenvalue weighted by Gasteiger charge is -2.62. The topological polar surface area (TPSA) is 108 Å². The molecule has 0 N–H and O–H groups in total. The second kappa shape index (κ2) is 14.7. The molecule has 0 aromatic rings. The highest BCUT2D eigenvalue weighted by Crippen LogP contribution is 2.67. The highest BCUT2D eigenvalue weighted by atomic mass is 79.9. The third-order valence-corrected chi connectivity index (χ3v) is 14.5. The number of carbonyl (C=O) groups is 4. The van der Waals surface area contributed by atoms with Crippen molar-refractivity contribution >= 4 is 23.9 Å². The Kier molecular flexibility index (Phi) is 11.6. The lowest BCUT2D eigenvalue weighted by molar-refractivity contribution is -0.941. The van der Waals surface area contributed by atoms with Crippen LogP contribution in [0.2, 0.25) is 0 Å². The molecule has 2 saturated heterocycles. The Morgan fingerprint density at radius 3 is 1.82 bits per heavy atom. The number of halogens is 1. The molecule has 11 heteroatoms. The minimum absolute atomic E-state index is 0. The van der Waals surface area contributed by atoms with E-state index in [1.807, 2.05) is 0 Å².